The van der Waals surface area contributed by atoms with Crippen LogP contribution in [0.15, 0.2) is 11.6 Å². The van der Waals surface area contributed by atoms with Gasteiger partial charge >= 0.3 is 5.97 Å². The summed E-state index contributed by atoms with van der Waals surface area (Å²) in [5, 5.41) is 8.77. The SMILES string of the molecule is CCOC(=O)c1nc(NC(=O)c2csc(C3CCNCC3)n2)cn1C. The number of carbonyl (C=O) groups is 2. The Hall–Kier alpha value is -2.26. The highest BCUT2D eigenvalue weighted by atomic mass is 32.1. The number of piperidine rings is 1. The molecule has 1 aliphatic heterocycles. The van der Waals surface area contributed by atoms with Gasteiger partial charge in [0.1, 0.15) is 5.69 Å². The second kappa shape index (κ2) is 7.75. The van der Waals surface area contributed by atoms with E-state index in [1.165, 1.54) is 15.9 Å². The standard InChI is InChI=1S/C16H21N5O3S/c1-3-24-16(23)13-19-12(8-21(13)2)20-14(22)11-9-25-15(18-11)10-4-6-17-7-5-10/h8-10,17H,3-7H2,1-2H3,(H,20,22). The third-order valence-electron chi connectivity index (χ3n) is 4.02. The first-order valence-corrected chi connectivity index (χ1v) is 9.14. The van der Waals surface area contributed by atoms with Crippen molar-refractivity contribution in [2.45, 2.75) is 25.7 Å². The highest BCUT2D eigenvalue weighted by molar-refractivity contribution is 7.09. The quantitative estimate of drug-likeness (QED) is 0.786. The Labute approximate surface area is 149 Å². The van der Waals surface area contributed by atoms with Gasteiger partial charge in [0.05, 0.1) is 11.6 Å². The summed E-state index contributed by atoms with van der Waals surface area (Å²) >= 11 is 1.52. The van der Waals surface area contributed by atoms with Crippen LogP contribution < -0.4 is 10.6 Å². The molecule has 0 unspecified atom stereocenters. The molecule has 0 aromatic carbocycles. The van der Waals surface area contributed by atoms with Crippen molar-refractivity contribution in [3.05, 3.63) is 28.1 Å². The van der Waals surface area contributed by atoms with Crippen molar-refractivity contribution in [2.75, 3.05) is 25.0 Å². The van der Waals surface area contributed by atoms with Gasteiger partial charge < -0.3 is 19.9 Å². The van der Waals surface area contributed by atoms with Gasteiger partial charge in [-0.25, -0.2) is 14.8 Å². The van der Waals surface area contributed by atoms with Gasteiger partial charge in [-0.2, -0.15) is 0 Å². The van der Waals surface area contributed by atoms with E-state index in [0.29, 0.717) is 17.4 Å². The van der Waals surface area contributed by atoms with E-state index < -0.39 is 5.97 Å². The molecule has 1 fully saturated rings. The van der Waals surface area contributed by atoms with Crippen LogP contribution in [0.5, 0.6) is 0 Å². The third-order valence-corrected chi connectivity index (χ3v) is 5.03. The fraction of sp³-hybridized carbons (Fsp3) is 0.500. The van der Waals surface area contributed by atoms with E-state index in [2.05, 4.69) is 20.6 Å². The maximum absolute atomic E-state index is 12.4. The number of amides is 1. The first-order valence-electron chi connectivity index (χ1n) is 8.26. The van der Waals surface area contributed by atoms with Gasteiger partial charge in [-0.3, -0.25) is 4.79 Å². The number of nitrogens with zero attached hydrogens (tertiary/aromatic N) is 3. The number of rotatable bonds is 5. The Morgan fingerprint density at radius 1 is 1.40 bits per heavy atom. The predicted molar refractivity (Wildman–Crippen MR) is 94.1 cm³/mol. The zero-order valence-corrected chi connectivity index (χ0v) is 15.1. The largest absolute Gasteiger partial charge is 0.460 e. The van der Waals surface area contributed by atoms with E-state index in [-0.39, 0.29) is 18.3 Å². The highest BCUT2D eigenvalue weighted by Gasteiger charge is 2.21. The Bertz CT molecular complexity index is 764. The molecule has 8 nitrogen and oxygen atoms in total. The molecule has 25 heavy (non-hydrogen) atoms. The lowest BCUT2D eigenvalue weighted by molar-refractivity contribution is 0.0508. The lowest BCUT2D eigenvalue weighted by Gasteiger charge is -2.20. The summed E-state index contributed by atoms with van der Waals surface area (Å²) in [6, 6.07) is 0. The van der Waals surface area contributed by atoms with E-state index in [0.717, 1.165) is 30.9 Å². The van der Waals surface area contributed by atoms with Crippen LogP contribution in [-0.4, -0.2) is 46.1 Å². The molecular formula is C16H21N5O3S. The summed E-state index contributed by atoms with van der Waals surface area (Å²) < 4.78 is 6.45. The van der Waals surface area contributed by atoms with Gasteiger partial charge in [-0.15, -0.1) is 11.3 Å². The van der Waals surface area contributed by atoms with Crippen molar-refractivity contribution >= 4 is 29.0 Å². The van der Waals surface area contributed by atoms with Gasteiger partial charge in [-0.1, -0.05) is 0 Å². The van der Waals surface area contributed by atoms with Gasteiger partial charge in [0.25, 0.3) is 5.91 Å². The Balaban J connectivity index is 1.67. The minimum Gasteiger partial charge on any atom is -0.460 e. The molecule has 0 bridgehead atoms. The van der Waals surface area contributed by atoms with Gasteiger partial charge in [0, 0.05) is 24.5 Å². The molecule has 2 aromatic heterocycles. The summed E-state index contributed by atoms with van der Waals surface area (Å²) in [5.41, 5.74) is 0.377. The molecule has 1 aliphatic rings. The van der Waals surface area contributed by atoms with E-state index in [1.807, 2.05) is 0 Å². The van der Waals surface area contributed by atoms with Crippen LogP contribution in [0.25, 0.3) is 0 Å². The van der Waals surface area contributed by atoms with E-state index >= 15 is 0 Å². The number of esters is 1. The number of thiazole rings is 1. The lowest BCUT2D eigenvalue weighted by atomic mass is 9.99. The van der Waals surface area contributed by atoms with Crippen LogP contribution in [0.3, 0.4) is 0 Å². The molecular weight excluding hydrogens is 342 g/mol. The molecule has 0 aliphatic carbocycles. The normalized spacial score (nSPS) is 15.1. The number of carbonyl (C=O) groups excluding carboxylic acids is 2. The molecule has 0 spiro atoms. The molecule has 3 rings (SSSR count). The summed E-state index contributed by atoms with van der Waals surface area (Å²) in [6.45, 7) is 3.96. The second-order valence-electron chi connectivity index (χ2n) is 5.83. The van der Waals surface area contributed by atoms with Crippen LogP contribution in [0, 0.1) is 0 Å². The minimum absolute atomic E-state index is 0.144. The molecule has 9 heteroatoms. The smallest absolute Gasteiger partial charge is 0.374 e. The average Bonchev–Trinajstić information content (AvgIpc) is 3.23. The van der Waals surface area contributed by atoms with Crippen molar-refractivity contribution in [1.29, 1.82) is 0 Å². The number of nitrogens with one attached hydrogen (secondary N) is 2. The number of ether oxygens (including phenoxy) is 1. The Morgan fingerprint density at radius 3 is 2.88 bits per heavy atom. The van der Waals surface area contributed by atoms with E-state index in [4.69, 9.17) is 4.74 Å². The maximum atomic E-state index is 12.4. The van der Waals surface area contributed by atoms with Crippen molar-refractivity contribution < 1.29 is 14.3 Å². The van der Waals surface area contributed by atoms with Crippen molar-refractivity contribution in [3.63, 3.8) is 0 Å². The molecule has 2 N–H and O–H groups in total. The number of aryl methyl sites for hydroxylation is 1. The molecule has 1 saturated heterocycles. The monoisotopic (exact) mass is 363 g/mol. The Kier molecular flexibility index (Phi) is 5.44. The van der Waals surface area contributed by atoms with E-state index in [1.54, 1.807) is 25.5 Å². The van der Waals surface area contributed by atoms with Crippen molar-refractivity contribution in [2.24, 2.45) is 7.05 Å². The molecule has 0 radical (unpaired) electrons. The fourth-order valence-electron chi connectivity index (χ4n) is 2.74. The third kappa shape index (κ3) is 4.05. The summed E-state index contributed by atoms with van der Waals surface area (Å²) in [6.07, 6.45) is 3.65. The first kappa shape index (κ1) is 17.6. The van der Waals surface area contributed by atoms with Crippen LogP contribution in [-0.2, 0) is 11.8 Å². The lowest BCUT2D eigenvalue weighted by Crippen LogP contribution is -2.26. The van der Waals surface area contributed by atoms with Gasteiger partial charge in [0.2, 0.25) is 5.82 Å². The molecule has 3 heterocycles. The molecule has 1 amide bonds. The van der Waals surface area contributed by atoms with Crippen LogP contribution in [0.1, 0.15) is 51.8 Å². The van der Waals surface area contributed by atoms with Crippen molar-refractivity contribution in [1.82, 2.24) is 19.9 Å². The summed E-state index contributed by atoms with van der Waals surface area (Å²) in [7, 11) is 1.67. The average molecular weight is 363 g/mol. The Morgan fingerprint density at radius 2 is 2.16 bits per heavy atom. The number of hydrogen-bond donors (Lipinski definition) is 2. The summed E-state index contributed by atoms with van der Waals surface area (Å²) in [4.78, 5) is 32.8. The zero-order chi connectivity index (χ0) is 17.8. The van der Waals surface area contributed by atoms with Gasteiger partial charge in [-0.05, 0) is 32.9 Å². The summed E-state index contributed by atoms with van der Waals surface area (Å²) in [5.74, 6) is 0.00755. The predicted octanol–water partition coefficient (Wildman–Crippen LogP) is 1.77. The van der Waals surface area contributed by atoms with Crippen LogP contribution in [0.2, 0.25) is 0 Å². The van der Waals surface area contributed by atoms with Crippen LogP contribution >= 0.6 is 11.3 Å². The molecule has 0 saturated carbocycles. The molecule has 0 atom stereocenters. The number of aromatic nitrogens is 3. The van der Waals surface area contributed by atoms with Crippen LogP contribution in [0.4, 0.5) is 5.82 Å². The van der Waals surface area contributed by atoms with Gasteiger partial charge in [0.15, 0.2) is 5.82 Å². The highest BCUT2D eigenvalue weighted by Crippen LogP contribution is 2.28. The number of hydrogen-bond acceptors (Lipinski definition) is 7. The van der Waals surface area contributed by atoms with E-state index in [9.17, 15) is 9.59 Å². The molecule has 134 valence electrons. The topological polar surface area (TPSA) is 98.1 Å². The number of imidazole rings is 1. The second-order valence-corrected chi connectivity index (χ2v) is 6.72. The first-order chi connectivity index (χ1) is 12.1. The van der Waals surface area contributed by atoms with Crippen molar-refractivity contribution in [3.8, 4) is 0 Å². The maximum Gasteiger partial charge on any atom is 0.374 e. The number of anilines is 1. The zero-order valence-electron chi connectivity index (χ0n) is 14.2. The fourth-order valence-corrected chi connectivity index (χ4v) is 3.71. The molecule has 2 aromatic rings. The minimum atomic E-state index is -0.521.